The lowest BCUT2D eigenvalue weighted by molar-refractivity contribution is -0.130. The lowest BCUT2D eigenvalue weighted by Gasteiger charge is -2.14. The van der Waals surface area contributed by atoms with E-state index >= 15 is 0 Å². The average molecular weight is 426 g/mol. The molecule has 0 bridgehead atoms. The van der Waals surface area contributed by atoms with E-state index in [9.17, 15) is 18.8 Å². The van der Waals surface area contributed by atoms with Crippen LogP contribution in [-0.2, 0) is 14.3 Å². The van der Waals surface area contributed by atoms with E-state index in [1.54, 1.807) is 13.0 Å². The second kappa shape index (κ2) is 8.99. The summed E-state index contributed by atoms with van der Waals surface area (Å²) in [5.41, 5.74) is 2.86. The Bertz CT molecular complexity index is 1150. The second-order valence-corrected chi connectivity index (χ2v) is 7.25. The van der Waals surface area contributed by atoms with Gasteiger partial charge in [-0.15, -0.1) is 0 Å². The quantitative estimate of drug-likeness (QED) is 0.585. The fraction of sp³-hybridized carbons (Fsp3) is 0.261. The lowest BCUT2D eigenvalue weighted by atomic mass is 10.1. The maximum absolute atomic E-state index is 13.9. The molecule has 0 saturated carbocycles. The summed E-state index contributed by atoms with van der Waals surface area (Å²) in [6.07, 6.45) is -1.18. The molecule has 2 N–H and O–H groups in total. The largest absolute Gasteiger partial charge is 0.447 e. The zero-order valence-corrected chi connectivity index (χ0v) is 17.7. The van der Waals surface area contributed by atoms with Crippen LogP contribution in [0.3, 0.4) is 0 Å². The van der Waals surface area contributed by atoms with Crippen LogP contribution in [0.1, 0.15) is 34.2 Å². The van der Waals surface area contributed by atoms with Gasteiger partial charge in [0.2, 0.25) is 11.7 Å². The highest BCUT2D eigenvalue weighted by Crippen LogP contribution is 2.28. The zero-order chi connectivity index (χ0) is 22.7. The summed E-state index contributed by atoms with van der Waals surface area (Å²) in [5, 5.41) is 5.64. The van der Waals surface area contributed by atoms with Gasteiger partial charge in [-0.25, -0.2) is 9.18 Å². The first-order valence-corrected chi connectivity index (χ1v) is 9.71. The number of para-hydroxylation sites is 2. The number of esters is 1. The predicted molar refractivity (Wildman–Crippen MR) is 113 cm³/mol. The number of fused-ring (bicyclic) bond motifs is 1. The number of halogens is 1. The molecule has 0 fully saturated rings. The highest BCUT2D eigenvalue weighted by Gasteiger charge is 2.25. The fourth-order valence-corrected chi connectivity index (χ4v) is 3.18. The summed E-state index contributed by atoms with van der Waals surface area (Å²) in [5.74, 6) is -2.72. The van der Waals surface area contributed by atoms with Crippen LogP contribution in [0.4, 0.5) is 10.1 Å². The first-order chi connectivity index (χ1) is 14.7. The number of hydrogen-bond acceptors (Lipinski definition) is 5. The van der Waals surface area contributed by atoms with Crippen molar-refractivity contribution in [1.82, 2.24) is 5.32 Å². The standard InChI is InChI=1S/C23H23FN2O5/c1-12-7-5-8-13(2)19(12)26-18(27)11-25-22(28)15(4)30-23(29)20-14(3)16-9-6-10-17(24)21(16)31-20/h5-10,15H,11H2,1-4H3,(H,25,28)(H,26,27). The number of anilines is 1. The third kappa shape index (κ3) is 4.74. The first kappa shape index (κ1) is 22.0. The third-order valence-corrected chi connectivity index (χ3v) is 4.92. The maximum Gasteiger partial charge on any atom is 0.375 e. The summed E-state index contributed by atoms with van der Waals surface area (Å²) >= 11 is 0. The highest BCUT2D eigenvalue weighted by molar-refractivity contribution is 5.98. The minimum absolute atomic E-state index is 0.0489. The van der Waals surface area contributed by atoms with Gasteiger partial charge in [0.25, 0.3) is 5.91 Å². The van der Waals surface area contributed by atoms with Gasteiger partial charge in [-0.2, -0.15) is 0 Å². The number of furan rings is 1. The SMILES string of the molecule is Cc1cccc(C)c1NC(=O)CNC(=O)C(C)OC(=O)c1oc2c(F)cccc2c1C. The Morgan fingerprint density at radius 2 is 1.71 bits per heavy atom. The van der Waals surface area contributed by atoms with Crippen LogP contribution in [0.25, 0.3) is 11.0 Å². The topological polar surface area (TPSA) is 97.6 Å². The van der Waals surface area contributed by atoms with E-state index in [4.69, 9.17) is 9.15 Å². The van der Waals surface area contributed by atoms with E-state index < -0.39 is 29.7 Å². The van der Waals surface area contributed by atoms with Crippen molar-refractivity contribution in [2.75, 3.05) is 11.9 Å². The Balaban J connectivity index is 1.58. The Labute approximate surface area is 178 Å². The van der Waals surface area contributed by atoms with E-state index in [0.29, 0.717) is 16.6 Å². The first-order valence-electron chi connectivity index (χ1n) is 9.71. The van der Waals surface area contributed by atoms with Crippen molar-refractivity contribution in [3.63, 3.8) is 0 Å². The average Bonchev–Trinajstić information content (AvgIpc) is 3.07. The second-order valence-electron chi connectivity index (χ2n) is 7.25. The Kier molecular flexibility index (Phi) is 6.39. The van der Waals surface area contributed by atoms with Gasteiger partial charge in [0.15, 0.2) is 17.5 Å². The Morgan fingerprint density at radius 1 is 1.06 bits per heavy atom. The van der Waals surface area contributed by atoms with E-state index in [0.717, 1.165) is 11.1 Å². The summed E-state index contributed by atoms with van der Waals surface area (Å²) in [6.45, 7) is 6.42. The zero-order valence-electron chi connectivity index (χ0n) is 17.7. The summed E-state index contributed by atoms with van der Waals surface area (Å²) in [6, 6.07) is 9.98. The minimum atomic E-state index is -1.18. The molecule has 1 atom stereocenters. The van der Waals surface area contributed by atoms with Crippen molar-refractivity contribution in [3.05, 3.63) is 64.7 Å². The molecule has 162 valence electrons. The molecule has 1 heterocycles. The minimum Gasteiger partial charge on any atom is -0.447 e. The monoisotopic (exact) mass is 426 g/mol. The molecule has 0 spiro atoms. The molecule has 0 aliphatic rings. The molecule has 3 aromatic rings. The van der Waals surface area contributed by atoms with Crippen LogP contribution in [0.2, 0.25) is 0 Å². The van der Waals surface area contributed by atoms with Crippen molar-refractivity contribution in [1.29, 1.82) is 0 Å². The molecular weight excluding hydrogens is 403 g/mol. The van der Waals surface area contributed by atoms with Gasteiger partial charge in [0.05, 0.1) is 6.54 Å². The van der Waals surface area contributed by atoms with Crippen LogP contribution >= 0.6 is 0 Å². The lowest BCUT2D eigenvalue weighted by Crippen LogP contribution is -2.40. The number of hydrogen-bond donors (Lipinski definition) is 2. The molecule has 0 aliphatic carbocycles. The molecule has 0 aliphatic heterocycles. The smallest absolute Gasteiger partial charge is 0.375 e. The molecule has 2 aromatic carbocycles. The summed E-state index contributed by atoms with van der Waals surface area (Å²) < 4.78 is 24.3. The molecule has 8 heteroatoms. The van der Waals surface area contributed by atoms with Crippen LogP contribution in [0.5, 0.6) is 0 Å². The molecule has 3 rings (SSSR count). The van der Waals surface area contributed by atoms with Gasteiger partial charge in [-0.1, -0.05) is 30.3 Å². The number of carbonyl (C=O) groups excluding carboxylic acids is 3. The van der Waals surface area contributed by atoms with E-state index in [2.05, 4.69) is 10.6 Å². The van der Waals surface area contributed by atoms with Crippen LogP contribution in [0.15, 0.2) is 40.8 Å². The Morgan fingerprint density at radius 3 is 2.35 bits per heavy atom. The van der Waals surface area contributed by atoms with E-state index in [1.165, 1.54) is 19.1 Å². The Hall–Kier alpha value is -3.68. The third-order valence-electron chi connectivity index (χ3n) is 4.92. The number of carbonyl (C=O) groups is 3. The highest BCUT2D eigenvalue weighted by atomic mass is 19.1. The van der Waals surface area contributed by atoms with Gasteiger partial charge in [-0.05, 0) is 44.9 Å². The molecule has 0 saturated heterocycles. The van der Waals surface area contributed by atoms with Gasteiger partial charge in [0.1, 0.15) is 0 Å². The molecule has 31 heavy (non-hydrogen) atoms. The van der Waals surface area contributed by atoms with Crippen molar-refractivity contribution >= 4 is 34.4 Å². The van der Waals surface area contributed by atoms with Crippen LogP contribution in [-0.4, -0.2) is 30.4 Å². The summed E-state index contributed by atoms with van der Waals surface area (Å²) in [4.78, 5) is 36.9. The van der Waals surface area contributed by atoms with Crippen LogP contribution in [0, 0.1) is 26.6 Å². The molecule has 1 unspecified atom stereocenters. The number of aryl methyl sites for hydroxylation is 3. The molecule has 1 aromatic heterocycles. The normalized spacial score (nSPS) is 11.8. The van der Waals surface area contributed by atoms with Crippen molar-refractivity contribution in [2.24, 2.45) is 0 Å². The van der Waals surface area contributed by atoms with Crippen molar-refractivity contribution in [3.8, 4) is 0 Å². The maximum atomic E-state index is 13.9. The van der Waals surface area contributed by atoms with Crippen molar-refractivity contribution < 1.29 is 27.9 Å². The molecular formula is C23H23FN2O5. The van der Waals surface area contributed by atoms with E-state index in [-0.39, 0.29) is 17.9 Å². The number of ether oxygens (including phenoxy) is 1. The predicted octanol–water partition coefficient (Wildman–Crippen LogP) is 3.80. The summed E-state index contributed by atoms with van der Waals surface area (Å²) in [7, 11) is 0. The van der Waals surface area contributed by atoms with Gasteiger partial charge in [0, 0.05) is 16.6 Å². The number of rotatable bonds is 6. The molecule has 7 nitrogen and oxygen atoms in total. The fourth-order valence-electron chi connectivity index (χ4n) is 3.18. The number of nitrogens with one attached hydrogen (secondary N) is 2. The van der Waals surface area contributed by atoms with Crippen molar-refractivity contribution in [2.45, 2.75) is 33.8 Å². The van der Waals surface area contributed by atoms with Gasteiger partial charge < -0.3 is 19.8 Å². The number of benzene rings is 2. The van der Waals surface area contributed by atoms with E-state index in [1.807, 2.05) is 32.0 Å². The van der Waals surface area contributed by atoms with Crippen LogP contribution < -0.4 is 10.6 Å². The van der Waals surface area contributed by atoms with Gasteiger partial charge >= 0.3 is 5.97 Å². The molecule has 2 amide bonds. The molecule has 0 radical (unpaired) electrons. The number of amides is 2. The van der Waals surface area contributed by atoms with Gasteiger partial charge in [-0.3, -0.25) is 9.59 Å².